The highest BCUT2D eigenvalue weighted by molar-refractivity contribution is 6.38. The van der Waals surface area contributed by atoms with Crippen molar-refractivity contribution in [1.29, 1.82) is 0 Å². The standard InChI is InChI=1S/C21H15N3O3/c1-12-6-2-5-9-16(12)27-17-10-15(25)19(22)18(21(17)26)20-13-7-3-4-8-14(13)23-11-24-20/h2-11H,22H2,1H3. The molecule has 1 aliphatic rings. The zero-order valence-electron chi connectivity index (χ0n) is 14.5. The van der Waals surface area contributed by atoms with E-state index < -0.39 is 11.6 Å². The highest BCUT2D eigenvalue weighted by Crippen LogP contribution is 2.30. The molecule has 1 heterocycles. The van der Waals surface area contributed by atoms with Gasteiger partial charge in [-0.2, -0.15) is 0 Å². The number of Topliss-reactive ketones (excluding diaryl/α,β-unsaturated/α-hetero) is 1. The molecule has 6 heteroatoms. The Kier molecular flexibility index (Phi) is 4.01. The third kappa shape index (κ3) is 2.87. The second-order valence-corrected chi connectivity index (χ2v) is 6.10. The SMILES string of the molecule is Cc1ccccc1OC1=CC(=O)C(N)=C(c2ncnc3ccccc23)C1=O. The molecule has 27 heavy (non-hydrogen) atoms. The fourth-order valence-corrected chi connectivity index (χ4v) is 2.94. The van der Waals surface area contributed by atoms with Gasteiger partial charge in [0, 0.05) is 11.5 Å². The van der Waals surface area contributed by atoms with E-state index in [1.54, 1.807) is 24.3 Å². The maximum absolute atomic E-state index is 13.1. The molecule has 1 aliphatic carbocycles. The van der Waals surface area contributed by atoms with Crippen LogP contribution >= 0.6 is 0 Å². The lowest BCUT2D eigenvalue weighted by Gasteiger charge is -2.18. The first-order chi connectivity index (χ1) is 13.1. The number of hydrogen-bond donors (Lipinski definition) is 1. The van der Waals surface area contributed by atoms with Gasteiger partial charge >= 0.3 is 0 Å². The van der Waals surface area contributed by atoms with Crippen molar-refractivity contribution in [1.82, 2.24) is 9.97 Å². The number of fused-ring (bicyclic) bond motifs is 1. The highest BCUT2D eigenvalue weighted by atomic mass is 16.5. The smallest absolute Gasteiger partial charge is 0.232 e. The van der Waals surface area contributed by atoms with Crippen molar-refractivity contribution in [2.75, 3.05) is 0 Å². The van der Waals surface area contributed by atoms with Crippen molar-refractivity contribution >= 4 is 28.0 Å². The highest BCUT2D eigenvalue weighted by Gasteiger charge is 2.32. The van der Waals surface area contributed by atoms with Gasteiger partial charge in [-0.05, 0) is 24.6 Å². The lowest BCUT2D eigenvalue weighted by atomic mass is 9.94. The van der Waals surface area contributed by atoms with E-state index in [4.69, 9.17) is 10.5 Å². The minimum Gasteiger partial charge on any atom is -0.453 e. The van der Waals surface area contributed by atoms with Crippen molar-refractivity contribution in [2.45, 2.75) is 6.92 Å². The summed E-state index contributed by atoms with van der Waals surface area (Å²) >= 11 is 0. The molecule has 132 valence electrons. The van der Waals surface area contributed by atoms with Gasteiger partial charge < -0.3 is 10.5 Å². The molecule has 2 aromatic carbocycles. The lowest BCUT2D eigenvalue weighted by molar-refractivity contribution is -0.115. The van der Waals surface area contributed by atoms with E-state index in [0.29, 0.717) is 22.3 Å². The maximum Gasteiger partial charge on any atom is 0.232 e. The van der Waals surface area contributed by atoms with Crippen LogP contribution in [0.25, 0.3) is 16.5 Å². The fraction of sp³-hybridized carbons (Fsp3) is 0.0476. The predicted molar refractivity (Wildman–Crippen MR) is 101 cm³/mol. The molecule has 0 amide bonds. The molecule has 3 aromatic rings. The first-order valence-electron chi connectivity index (χ1n) is 8.30. The van der Waals surface area contributed by atoms with Crippen LogP contribution in [-0.4, -0.2) is 21.5 Å². The molecule has 0 saturated heterocycles. The van der Waals surface area contributed by atoms with E-state index in [1.807, 2.05) is 31.2 Å². The summed E-state index contributed by atoms with van der Waals surface area (Å²) in [6.45, 7) is 1.86. The van der Waals surface area contributed by atoms with Gasteiger partial charge in [0.25, 0.3) is 0 Å². The number of nitrogens with zero attached hydrogens (tertiary/aromatic N) is 2. The van der Waals surface area contributed by atoms with E-state index >= 15 is 0 Å². The van der Waals surface area contributed by atoms with Crippen LogP contribution in [0.15, 0.2) is 72.4 Å². The molecule has 0 spiro atoms. The Morgan fingerprint density at radius 2 is 1.70 bits per heavy atom. The number of para-hydroxylation sites is 2. The normalized spacial score (nSPS) is 14.5. The quantitative estimate of drug-likeness (QED) is 0.724. The van der Waals surface area contributed by atoms with Crippen LogP contribution in [0, 0.1) is 6.92 Å². The Morgan fingerprint density at radius 1 is 0.963 bits per heavy atom. The molecular weight excluding hydrogens is 342 g/mol. The molecule has 0 atom stereocenters. The molecule has 0 radical (unpaired) electrons. The summed E-state index contributed by atoms with van der Waals surface area (Å²) in [5.74, 6) is -0.562. The summed E-state index contributed by atoms with van der Waals surface area (Å²) in [4.78, 5) is 33.9. The van der Waals surface area contributed by atoms with E-state index in [-0.39, 0.29) is 17.0 Å². The van der Waals surface area contributed by atoms with Crippen molar-refractivity contribution in [2.24, 2.45) is 5.73 Å². The van der Waals surface area contributed by atoms with Crippen LogP contribution in [0.5, 0.6) is 5.75 Å². The Morgan fingerprint density at radius 3 is 2.52 bits per heavy atom. The first-order valence-corrected chi connectivity index (χ1v) is 8.30. The number of allylic oxidation sites excluding steroid dienone is 2. The van der Waals surface area contributed by atoms with Gasteiger partial charge in [0.05, 0.1) is 22.5 Å². The van der Waals surface area contributed by atoms with Crippen molar-refractivity contribution in [3.05, 3.63) is 83.6 Å². The Bertz CT molecular complexity index is 1160. The number of nitrogens with two attached hydrogens (primary N) is 1. The van der Waals surface area contributed by atoms with Gasteiger partial charge in [-0.1, -0.05) is 36.4 Å². The second-order valence-electron chi connectivity index (χ2n) is 6.10. The van der Waals surface area contributed by atoms with E-state index in [9.17, 15) is 9.59 Å². The molecule has 6 nitrogen and oxygen atoms in total. The number of rotatable bonds is 3. The van der Waals surface area contributed by atoms with Gasteiger partial charge in [0.1, 0.15) is 12.1 Å². The van der Waals surface area contributed by atoms with Crippen molar-refractivity contribution in [3.63, 3.8) is 0 Å². The number of carbonyl (C=O) groups is 2. The summed E-state index contributed by atoms with van der Waals surface area (Å²) in [6.07, 6.45) is 2.47. The Hall–Kier alpha value is -3.80. The van der Waals surface area contributed by atoms with Gasteiger partial charge in [-0.15, -0.1) is 0 Å². The third-order valence-corrected chi connectivity index (χ3v) is 4.34. The van der Waals surface area contributed by atoms with Crippen LogP contribution < -0.4 is 10.5 Å². The van der Waals surface area contributed by atoms with Gasteiger partial charge in [0.15, 0.2) is 5.76 Å². The molecule has 4 rings (SSSR count). The van der Waals surface area contributed by atoms with Crippen molar-refractivity contribution in [3.8, 4) is 5.75 Å². The molecular formula is C21H15N3O3. The van der Waals surface area contributed by atoms with E-state index in [1.165, 1.54) is 6.33 Å². The summed E-state index contributed by atoms with van der Waals surface area (Å²) < 4.78 is 5.74. The average molecular weight is 357 g/mol. The molecule has 1 aromatic heterocycles. The largest absolute Gasteiger partial charge is 0.453 e. The number of ether oxygens (including phenoxy) is 1. The number of ketones is 2. The molecule has 2 N–H and O–H groups in total. The number of carbonyl (C=O) groups excluding carboxylic acids is 2. The van der Waals surface area contributed by atoms with Gasteiger partial charge in [0.2, 0.25) is 11.6 Å². The summed E-state index contributed by atoms with van der Waals surface area (Å²) in [5, 5.41) is 0.635. The van der Waals surface area contributed by atoms with Crippen LogP contribution in [0.3, 0.4) is 0 Å². The Balaban J connectivity index is 1.81. The molecule has 0 saturated carbocycles. The topological polar surface area (TPSA) is 95.2 Å². The molecule has 0 unspecified atom stereocenters. The monoisotopic (exact) mass is 357 g/mol. The summed E-state index contributed by atoms with van der Waals surface area (Å²) in [7, 11) is 0. The lowest BCUT2D eigenvalue weighted by Crippen LogP contribution is -2.26. The van der Waals surface area contributed by atoms with E-state index in [2.05, 4.69) is 9.97 Å². The number of aromatic nitrogens is 2. The molecule has 0 bridgehead atoms. The van der Waals surface area contributed by atoms with Gasteiger partial charge in [-0.25, -0.2) is 9.97 Å². The first kappa shape index (κ1) is 16.7. The zero-order chi connectivity index (χ0) is 19.0. The minimum atomic E-state index is -0.490. The summed E-state index contributed by atoms with van der Waals surface area (Å²) in [5.41, 5.74) is 7.66. The van der Waals surface area contributed by atoms with Crippen LogP contribution in [0.2, 0.25) is 0 Å². The zero-order valence-corrected chi connectivity index (χ0v) is 14.5. The van der Waals surface area contributed by atoms with Crippen LogP contribution in [-0.2, 0) is 9.59 Å². The van der Waals surface area contributed by atoms with Crippen molar-refractivity contribution < 1.29 is 14.3 Å². The van der Waals surface area contributed by atoms with E-state index in [0.717, 1.165) is 11.6 Å². The van der Waals surface area contributed by atoms with Gasteiger partial charge in [-0.3, -0.25) is 9.59 Å². The van der Waals surface area contributed by atoms with Crippen LogP contribution in [0.4, 0.5) is 0 Å². The number of benzene rings is 2. The van der Waals surface area contributed by atoms with Crippen LogP contribution in [0.1, 0.15) is 11.3 Å². The number of aryl methyl sites for hydroxylation is 1. The summed E-state index contributed by atoms with van der Waals surface area (Å²) in [6, 6.07) is 14.5. The molecule has 0 aliphatic heterocycles. The fourth-order valence-electron chi connectivity index (χ4n) is 2.94. The predicted octanol–water partition coefficient (Wildman–Crippen LogP) is 2.72. The Labute approximate surface area is 155 Å². The minimum absolute atomic E-state index is 0.0321. The number of hydrogen-bond acceptors (Lipinski definition) is 6. The second kappa shape index (κ2) is 6.49. The average Bonchev–Trinajstić information content (AvgIpc) is 2.68. The maximum atomic E-state index is 13.1. The molecule has 0 fully saturated rings. The third-order valence-electron chi connectivity index (χ3n) is 4.34.